The zero-order valence-electron chi connectivity index (χ0n) is 11.3. The lowest BCUT2D eigenvalue weighted by Gasteiger charge is -2.06. The Morgan fingerprint density at radius 3 is 3.05 bits per heavy atom. The van der Waals surface area contributed by atoms with Gasteiger partial charge < -0.3 is 20.5 Å². The van der Waals surface area contributed by atoms with E-state index in [1.165, 1.54) is 4.68 Å². The largest absolute Gasteiger partial charge is 0.454 e. The number of amides is 1. The molecule has 0 spiro atoms. The summed E-state index contributed by atoms with van der Waals surface area (Å²) in [4.78, 5) is 11.8. The predicted molar refractivity (Wildman–Crippen MR) is 72.3 cm³/mol. The zero-order chi connectivity index (χ0) is 14.7. The molecule has 8 heteroatoms. The number of hydrogen-bond acceptors (Lipinski definition) is 6. The lowest BCUT2D eigenvalue weighted by molar-refractivity contribution is -0.122. The number of carbonyl (C=O) groups is 1. The van der Waals surface area contributed by atoms with Crippen molar-refractivity contribution in [2.45, 2.75) is 19.6 Å². The van der Waals surface area contributed by atoms with E-state index in [2.05, 4.69) is 15.6 Å². The highest BCUT2D eigenvalue weighted by Crippen LogP contribution is 2.32. The Hall–Kier alpha value is -2.61. The first kappa shape index (κ1) is 13.4. The first-order valence-electron chi connectivity index (χ1n) is 6.49. The first-order chi connectivity index (χ1) is 10.2. The molecule has 8 nitrogen and oxygen atoms in total. The van der Waals surface area contributed by atoms with Gasteiger partial charge in [0.25, 0.3) is 0 Å². The lowest BCUT2D eigenvalue weighted by atomic mass is 10.2. The van der Waals surface area contributed by atoms with Crippen molar-refractivity contribution in [1.29, 1.82) is 0 Å². The summed E-state index contributed by atoms with van der Waals surface area (Å²) in [5, 5.41) is 10.5. The van der Waals surface area contributed by atoms with Crippen LogP contribution in [0.5, 0.6) is 11.5 Å². The molecular weight excluding hydrogens is 274 g/mol. The topological polar surface area (TPSA) is 104 Å². The van der Waals surface area contributed by atoms with Crippen molar-refractivity contribution in [2.75, 3.05) is 6.79 Å². The number of fused-ring (bicyclic) bond motifs is 1. The third kappa shape index (κ3) is 3.11. The summed E-state index contributed by atoms with van der Waals surface area (Å²) in [5.41, 5.74) is 7.02. The molecule has 21 heavy (non-hydrogen) atoms. The molecule has 1 aromatic carbocycles. The second-order valence-electron chi connectivity index (χ2n) is 4.58. The molecule has 2 heterocycles. The molecule has 1 aliphatic rings. The Labute approximate surface area is 120 Å². The van der Waals surface area contributed by atoms with Crippen molar-refractivity contribution in [1.82, 2.24) is 20.3 Å². The second-order valence-corrected chi connectivity index (χ2v) is 4.58. The van der Waals surface area contributed by atoms with Gasteiger partial charge in [-0.1, -0.05) is 11.3 Å². The quantitative estimate of drug-likeness (QED) is 0.788. The highest BCUT2D eigenvalue weighted by atomic mass is 16.7. The molecule has 0 saturated carbocycles. The number of nitrogens with zero attached hydrogens (tertiary/aromatic N) is 3. The number of nitrogens with one attached hydrogen (secondary N) is 1. The fourth-order valence-corrected chi connectivity index (χ4v) is 1.96. The summed E-state index contributed by atoms with van der Waals surface area (Å²) < 4.78 is 12.0. The average Bonchev–Trinajstić information content (AvgIpc) is 3.13. The van der Waals surface area contributed by atoms with Gasteiger partial charge in [-0.15, -0.1) is 5.10 Å². The van der Waals surface area contributed by atoms with Crippen LogP contribution in [-0.4, -0.2) is 27.7 Å². The average molecular weight is 289 g/mol. The fraction of sp³-hybridized carbons (Fsp3) is 0.308. The molecule has 110 valence electrons. The van der Waals surface area contributed by atoms with E-state index in [0.717, 1.165) is 11.3 Å². The standard InChI is InChI=1S/C13H15N5O3/c14-4-10-6-18(17-16-10)7-13(19)15-5-9-1-2-11-12(3-9)21-8-20-11/h1-3,6H,4-5,7-8,14H2,(H,15,19). The van der Waals surface area contributed by atoms with Crippen LogP contribution in [-0.2, 0) is 24.4 Å². The van der Waals surface area contributed by atoms with Crippen LogP contribution >= 0.6 is 0 Å². The third-order valence-electron chi connectivity index (χ3n) is 3.03. The monoisotopic (exact) mass is 289 g/mol. The fourth-order valence-electron chi connectivity index (χ4n) is 1.96. The normalized spacial score (nSPS) is 12.4. The molecule has 3 rings (SSSR count). The second kappa shape index (κ2) is 5.80. The maximum atomic E-state index is 11.8. The van der Waals surface area contributed by atoms with Gasteiger partial charge in [0.1, 0.15) is 6.54 Å². The van der Waals surface area contributed by atoms with Crippen molar-refractivity contribution >= 4 is 5.91 Å². The first-order valence-corrected chi connectivity index (χ1v) is 6.49. The summed E-state index contributed by atoms with van der Waals surface area (Å²) in [6.07, 6.45) is 1.65. The van der Waals surface area contributed by atoms with Crippen molar-refractivity contribution in [3.8, 4) is 11.5 Å². The number of benzene rings is 1. The van der Waals surface area contributed by atoms with Gasteiger partial charge in [0.15, 0.2) is 11.5 Å². The molecule has 0 aliphatic carbocycles. The van der Waals surface area contributed by atoms with Gasteiger partial charge in [0.2, 0.25) is 12.7 Å². The van der Waals surface area contributed by atoms with Crippen molar-refractivity contribution in [3.63, 3.8) is 0 Å². The predicted octanol–water partition coefficient (Wildman–Crippen LogP) is -0.218. The van der Waals surface area contributed by atoms with E-state index in [1.807, 2.05) is 18.2 Å². The summed E-state index contributed by atoms with van der Waals surface area (Å²) >= 11 is 0. The molecule has 0 radical (unpaired) electrons. The van der Waals surface area contributed by atoms with Gasteiger partial charge >= 0.3 is 0 Å². The van der Waals surface area contributed by atoms with Crippen LogP contribution in [0.2, 0.25) is 0 Å². The van der Waals surface area contributed by atoms with E-state index < -0.39 is 0 Å². The minimum atomic E-state index is -0.152. The Bertz CT molecular complexity index is 655. The van der Waals surface area contributed by atoms with E-state index >= 15 is 0 Å². The Balaban J connectivity index is 1.53. The molecule has 0 bridgehead atoms. The molecule has 3 N–H and O–H groups in total. The molecule has 2 aromatic rings. The molecule has 1 aromatic heterocycles. The SMILES string of the molecule is NCc1cn(CC(=O)NCc2ccc3c(c2)OCO3)nn1. The number of nitrogens with two attached hydrogens (primary N) is 1. The Morgan fingerprint density at radius 1 is 1.38 bits per heavy atom. The van der Waals surface area contributed by atoms with Crippen molar-refractivity contribution in [3.05, 3.63) is 35.7 Å². The van der Waals surface area contributed by atoms with Crippen molar-refractivity contribution in [2.24, 2.45) is 5.73 Å². The Morgan fingerprint density at radius 2 is 2.24 bits per heavy atom. The smallest absolute Gasteiger partial charge is 0.242 e. The molecule has 1 amide bonds. The van der Waals surface area contributed by atoms with Gasteiger partial charge in [-0.3, -0.25) is 4.79 Å². The number of aromatic nitrogens is 3. The number of ether oxygens (including phenoxy) is 2. The number of hydrogen-bond donors (Lipinski definition) is 2. The molecule has 0 fully saturated rings. The van der Waals surface area contributed by atoms with Gasteiger partial charge in [0.05, 0.1) is 11.9 Å². The van der Waals surface area contributed by atoms with Crippen LogP contribution in [0.25, 0.3) is 0 Å². The van der Waals surface area contributed by atoms with Gasteiger partial charge in [0, 0.05) is 13.1 Å². The van der Waals surface area contributed by atoms with Crippen LogP contribution in [0.1, 0.15) is 11.3 Å². The summed E-state index contributed by atoms with van der Waals surface area (Å²) in [6, 6.07) is 5.56. The summed E-state index contributed by atoms with van der Waals surface area (Å²) in [7, 11) is 0. The van der Waals surface area contributed by atoms with Crippen LogP contribution in [0, 0.1) is 0 Å². The van der Waals surface area contributed by atoms with Gasteiger partial charge in [-0.25, -0.2) is 4.68 Å². The molecule has 0 saturated heterocycles. The van der Waals surface area contributed by atoms with Gasteiger partial charge in [-0.05, 0) is 17.7 Å². The molecule has 0 atom stereocenters. The maximum Gasteiger partial charge on any atom is 0.242 e. The molecule has 1 aliphatic heterocycles. The van der Waals surface area contributed by atoms with E-state index in [1.54, 1.807) is 6.20 Å². The van der Waals surface area contributed by atoms with E-state index in [-0.39, 0.29) is 19.2 Å². The molecular formula is C13H15N5O3. The third-order valence-corrected chi connectivity index (χ3v) is 3.03. The number of rotatable bonds is 5. The lowest BCUT2D eigenvalue weighted by Crippen LogP contribution is -2.27. The highest BCUT2D eigenvalue weighted by Gasteiger charge is 2.13. The van der Waals surface area contributed by atoms with Gasteiger partial charge in [-0.2, -0.15) is 0 Å². The van der Waals surface area contributed by atoms with Crippen LogP contribution in [0.3, 0.4) is 0 Å². The van der Waals surface area contributed by atoms with Crippen molar-refractivity contribution < 1.29 is 14.3 Å². The summed E-state index contributed by atoms with van der Waals surface area (Å²) in [6.45, 7) is 1.06. The van der Waals surface area contributed by atoms with Crippen LogP contribution < -0.4 is 20.5 Å². The van der Waals surface area contributed by atoms with E-state index in [0.29, 0.717) is 24.5 Å². The Kier molecular flexibility index (Phi) is 3.69. The van der Waals surface area contributed by atoms with Crippen LogP contribution in [0.15, 0.2) is 24.4 Å². The highest BCUT2D eigenvalue weighted by molar-refractivity contribution is 5.75. The van der Waals surface area contributed by atoms with Crippen LogP contribution in [0.4, 0.5) is 0 Å². The van der Waals surface area contributed by atoms with E-state index in [4.69, 9.17) is 15.2 Å². The minimum absolute atomic E-state index is 0.109. The zero-order valence-corrected chi connectivity index (χ0v) is 11.3. The summed E-state index contributed by atoms with van der Waals surface area (Å²) in [5.74, 6) is 1.27. The maximum absolute atomic E-state index is 11.8. The molecule has 0 unspecified atom stereocenters. The van der Waals surface area contributed by atoms with E-state index in [9.17, 15) is 4.79 Å². The minimum Gasteiger partial charge on any atom is -0.454 e. The number of carbonyl (C=O) groups excluding carboxylic acids is 1.